The molecule has 0 aliphatic carbocycles. The fraction of sp³-hybridized carbons (Fsp3) is 1.00. The van der Waals surface area contributed by atoms with Crippen molar-refractivity contribution in [3.05, 3.63) is 0 Å². The first kappa shape index (κ1) is 10.9. The second-order valence-electron chi connectivity index (χ2n) is 3.54. The molecule has 0 fully saturated rings. The Morgan fingerprint density at radius 3 is 1.91 bits per heavy atom. The molecule has 11 heavy (non-hydrogen) atoms. The van der Waals surface area contributed by atoms with Gasteiger partial charge in [0.05, 0.1) is 6.61 Å². The zero-order valence-electron chi connectivity index (χ0n) is 7.91. The van der Waals surface area contributed by atoms with Crippen molar-refractivity contribution in [3.63, 3.8) is 0 Å². The minimum absolute atomic E-state index is 0.0566. The average molecular weight is 160 g/mol. The molecule has 68 valence electrons. The van der Waals surface area contributed by atoms with Crippen molar-refractivity contribution in [2.75, 3.05) is 20.7 Å². The van der Waals surface area contributed by atoms with Crippen LogP contribution in [0.5, 0.6) is 0 Å². The zero-order chi connectivity index (χ0) is 9.02. The van der Waals surface area contributed by atoms with E-state index in [1.54, 1.807) is 0 Å². The van der Waals surface area contributed by atoms with E-state index in [9.17, 15) is 0 Å². The highest BCUT2D eigenvalue weighted by atomic mass is 16.3. The van der Waals surface area contributed by atoms with Crippen molar-refractivity contribution in [2.24, 2.45) is 11.7 Å². The maximum Gasteiger partial charge on any atom is 0.0597 e. The highest BCUT2D eigenvalue weighted by Gasteiger charge is 2.22. The number of hydrogen-bond acceptors (Lipinski definition) is 3. The number of rotatable bonds is 4. The monoisotopic (exact) mass is 160 g/mol. The van der Waals surface area contributed by atoms with Gasteiger partial charge in [0.15, 0.2) is 0 Å². The highest BCUT2D eigenvalue weighted by Crippen LogP contribution is 2.09. The van der Waals surface area contributed by atoms with E-state index in [1.165, 1.54) is 0 Å². The van der Waals surface area contributed by atoms with Crippen molar-refractivity contribution >= 4 is 0 Å². The molecule has 0 bridgehead atoms. The standard InChI is InChI=1S/C8H20N2O/c1-6(2)8(10(3)4)7(9)5-11/h6-8,11H,5,9H2,1-4H3. The summed E-state index contributed by atoms with van der Waals surface area (Å²) in [5.41, 5.74) is 5.73. The predicted octanol–water partition coefficient (Wildman–Crippen LogP) is -0.108. The molecular weight excluding hydrogens is 140 g/mol. The van der Waals surface area contributed by atoms with Crippen molar-refractivity contribution < 1.29 is 5.11 Å². The first-order valence-corrected chi connectivity index (χ1v) is 4.03. The normalized spacial score (nSPS) is 17.5. The summed E-state index contributed by atoms with van der Waals surface area (Å²) in [7, 11) is 3.97. The van der Waals surface area contributed by atoms with Gasteiger partial charge in [-0.1, -0.05) is 13.8 Å². The van der Waals surface area contributed by atoms with Gasteiger partial charge in [0, 0.05) is 12.1 Å². The summed E-state index contributed by atoms with van der Waals surface area (Å²) in [6.45, 7) is 4.28. The van der Waals surface area contributed by atoms with Crippen molar-refractivity contribution in [2.45, 2.75) is 25.9 Å². The smallest absolute Gasteiger partial charge is 0.0597 e. The third-order valence-electron chi connectivity index (χ3n) is 1.93. The number of nitrogens with two attached hydrogens (primary N) is 1. The number of nitrogens with zero attached hydrogens (tertiary/aromatic N) is 1. The van der Waals surface area contributed by atoms with Crippen LogP contribution < -0.4 is 5.73 Å². The molecule has 3 N–H and O–H groups in total. The van der Waals surface area contributed by atoms with Crippen LogP contribution in [0.3, 0.4) is 0 Å². The van der Waals surface area contributed by atoms with Crippen LogP contribution in [0.4, 0.5) is 0 Å². The molecular formula is C8H20N2O. The van der Waals surface area contributed by atoms with E-state index < -0.39 is 0 Å². The van der Waals surface area contributed by atoms with Gasteiger partial charge in [-0.2, -0.15) is 0 Å². The molecule has 0 amide bonds. The molecule has 0 aromatic carbocycles. The van der Waals surface area contributed by atoms with E-state index in [4.69, 9.17) is 10.8 Å². The van der Waals surface area contributed by atoms with Crippen LogP contribution >= 0.6 is 0 Å². The molecule has 0 aromatic rings. The van der Waals surface area contributed by atoms with Gasteiger partial charge in [-0.05, 0) is 20.0 Å². The van der Waals surface area contributed by atoms with Gasteiger partial charge < -0.3 is 15.7 Å². The van der Waals surface area contributed by atoms with E-state index in [1.807, 2.05) is 14.1 Å². The lowest BCUT2D eigenvalue weighted by Crippen LogP contribution is -2.49. The van der Waals surface area contributed by atoms with E-state index in [0.29, 0.717) is 5.92 Å². The maximum absolute atomic E-state index is 8.85. The number of likely N-dealkylation sites (N-methyl/N-ethyl adjacent to an activating group) is 1. The van der Waals surface area contributed by atoms with Crippen LogP contribution in [0.2, 0.25) is 0 Å². The molecule has 0 saturated heterocycles. The van der Waals surface area contributed by atoms with Crippen LogP contribution in [0.25, 0.3) is 0 Å². The molecule has 0 spiro atoms. The molecule has 0 saturated carbocycles. The summed E-state index contributed by atoms with van der Waals surface area (Å²) in [5.74, 6) is 0.479. The summed E-state index contributed by atoms with van der Waals surface area (Å²) in [6, 6.07) is 0.130. The van der Waals surface area contributed by atoms with Gasteiger partial charge in [0.1, 0.15) is 0 Å². The van der Waals surface area contributed by atoms with Gasteiger partial charge in [0.25, 0.3) is 0 Å². The van der Waals surface area contributed by atoms with Crippen LogP contribution in [0.15, 0.2) is 0 Å². The maximum atomic E-state index is 8.85. The lowest BCUT2D eigenvalue weighted by molar-refractivity contribution is 0.146. The van der Waals surface area contributed by atoms with Gasteiger partial charge in [0.2, 0.25) is 0 Å². The SMILES string of the molecule is CC(C)C(C(N)CO)N(C)C. The average Bonchev–Trinajstić information content (AvgIpc) is 1.85. The van der Waals surface area contributed by atoms with E-state index >= 15 is 0 Å². The molecule has 2 unspecified atom stereocenters. The molecule has 0 aromatic heterocycles. The van der Waals surface area contributed by atoms with Crippen LogP contribution in [-0.4, -0.2) is 42.8 Å². The Balaban J connectivity index is 4.09. The number of aliphatic hydroxyl groups excluding tert-OH is 1. The summed E-state index contributed by atoms with van der Waals surface area (Å²) in [4.78, 5) is 2.06. The lowest BCUT2D eigenvalue weighted by atomic mass is 9.96. The van der Waals surface area contributed by atoms with Gasteiger partial charge in [-0.15, -0.1) is 0 Å². The molecule has 0 heterocycles. The van der Waals surface area contributed by atoms with E-state index in [0.717, 1.165) is 0 Å². The molecule has 3 heteroatoms. The first-order chi connectivity index (χ1) is 5.00. The van der Waals surface area contributed by atoms with Crippen LogP contribution in [0.1, 0.15) is 13.8 Å². The van der Waals surface area contributed by atoms with Crippen molar-refractivity contribution in [1.82, 2.24) is 4.90 Å². The second kappa shape index (κ2) is 4.70. The highest BCUT2D eigenvalue weighted by molar-refractivity contribution is 4.80. The van der Waals surface area contributed by atoms with Crippen LogP contribution in [0, 0.1) is 5.92 Å². The Labute approximate surface area is 69.2 Å². The van der Waals surface area contributed by atoms with Gasteiger partial charge in [-0.25, -0.2) is 0 Å². The number of hydrogen-bond donors (Lipinski definition) is 2. The third kappa shape index (κ3) is 3.18. The van der Waals surface area contributed by atoms with E-state index in [-0.39, 0.29) is 18.7 Å². The Morgan fingerprint density at radius 1 is 1.36 bits per heavy atom. The summed E-state index contributed by atoms with van der Waals surface area (Å²) >= 11 is 0. The first-order valence-electron chi connectivity index (χ1n) is 4.03. The minimum atomic E-state index is -0.134. The lowest BCUT2D eigenvalue weighted by Gasteiger charge is -2.32. The van der Waals surface area contributed by atoms with Gasteiger partial charge >= 0.3 is 0 Å². The fourth-order valence-electron chi connectivity index (χ4n) is 1.58. The largest absolute Gasteiger partial charge is 0.395 e. The van der Waals surface area contributed by atoms with Crippen LogP contribution in [-0.2, 0) is 0 Å². The van der Waals surface area contributed by atoms with Crippen molar-refractivity contribution in [1.29, 1.82) is 0 Å². The fourth-order valence-corrected chi connectivity index (χ4v) is 1.58. The topological polar surface area (TPSA) is 49.5 Å². The molecule has 3 nitrogen and oxygen atoms in total. The molecule has 0 aliphatic rings. The van der Waals surface area contributed by atoms with E-state index in [2.05, 4.69) is 18.7 Å². The Hall–Kier alpha value is -0.120. The Morgan fingerprint density at radius 2 is 1.82 bits per heavy atom. The second-order valence-corrected chi connectivity index (χ2v) is 3.54. The zero-order valence-corrected chi connectivity index (χ0v) is 7.91. The summed E-state index contributed by atoms with van der Waals surface area (Å²) in [6.07, 6.45) is 0. The molecule has 0 radical (unpaired) electrons. The minimum Gasteiger partial charge on any atom is -0.395 e. The molecule has 2 atom stereocenters. The third-order valence-corrected chi connectivity index (χ3v) is 1.93. The molecule has 0 rings (SSSR count). The Kier molecular flexibility index (Phi) is 4.65. The Bertz CT molecular complexity index is 96.3. The summed E-state index contributed by atoms with van der Waals surface area (Å²) in [5, 5.41) is 8.85. The molecule has 0 aliphatic heterocycles. The summed E-state index contributed by atoms with van der Waals surface area (Å²) < 4.78 is 0. The van der Waals surface area contributed by atoms with Gasteiger partial charge in [-0.3, -0.25) is 0 Å². The van der Waals surface area contributed by atoms with Crippen molar-refractivity contribution in [3.8, 4) is 0 Å². The quantitative estimate of drug-likeness (QED) is 0.603. The number of aliphatic hydroxyl groups is 1. The predicted molar refractivity (Wildman–Crippen MR) is 47.4 cm³/mol.